The second-order valence-electron chi connectivity index (χ2n) is 6.73. The number of halogens is 3. The van der Waals surface area contributed by atoms with Gasteiger partial charge < -0.3 is 14.6 Å². The highest BCUT2D eigenvalue weighted by atomic mass is 19.2. The highest BCUT2D eigenvalue weighted by Gasteiger charge is 2.25. The van der Waals surface area contributed by atoms with Gasteiger partial charge in [-0.15, -0.1) is 0 Å². The molecule has 2 heterocycles. The molecule has 1 aromatic carbocycles. The molecule has 0 bridgehead atoms. The van der Waals surface area contributed by atoms with Gasteiger partial charge in [0.1, 0.15) is 18.1 Å². The van der Waals surface area contributed by atoms with Crippen LogP contribution in [0.4, 0.5) is 24.7 Å². The van der Waals surface area contributed by atoms with E-state index in [0.717, 1.165) is 42.4 Å². The molecule has 0 radical (unpaired) electrons. The second-order valence-corrected chi connectivity index (χ2v) is 6.73. The van der Waals surface area contributed by atoms with Crippen LogP contribution in [0, 0.1) is 11.6 Å². The van der Waals surface area contributed by atoms with Crippen LogP contribution in [0.25, 0.3) is 11.0 Å². The Kier molecular flexibility index (Phi) is 4.78. The van der Waals surface area contributed by atoms with Crippen molar-refractivity contribution in [2.45, 2.75) is 25.4 Å². The largest absolute Gasteiger partial charge is 0.375 e. The number of alkyl halides is 1. The maximum absolute atomic E-state index is 13.4. The predicted octanol–water partition coefficient (Wildman–Crippen LogP) is 4.44. The molecule has 3 aromatic rings. The summed E-state index contributed by atoms with van der Waals surface area (Å²) in [6.45, 7) is -0.342. The maximum atomic E-state index is 13.4. The van der Waals surface area contributed by atoms with E-state index in [9.17, 15) is 13.2 Å². The first-order valence-corrected chi connectivity index (χ1v) is 8.93. The van der Waals surface area contributed by atoms with E-state index >= 15 is 0 Å². The molecule has 1 N–H and O–H groups in total. The van der Waals surface area contributed by atoms with Crippen molar-refractivity contribution in [3.63, 3.8) is 0 Å². The highest BCUT2D eigenvalue weighted by Crippen LogP contribution is 2.32. The lowest BCUT2D eigenvalue weighted by molar-refractivity contribution is 0.0358. The van der Waals surface area contributed by atoms with Crippen LogP contribution in [0.1, 0.15) is 17.7 Å². The van der Waals surface area contributed by atoms with Crippen molar-refractivity contribution in [1.29, 1.82) is 0 Å². The summed E-state index contributed by atoms with van der Waals surface area (Å²) in [6.07, 6.45) is 2.48. The number of hydrogen-bond donors (Lipinski definition) is 1. The Morgan fingerprint density at radius 1 is 1.22 bits per heavy atom. The number of rotatable bonds is 5. The van der Waals surface area contributed by atoms with Crippen LogP contribution in [0.2, 0.25) is 0 Å². The molecule has 0 saturated carbocycles. The molecule has 1 unspecified atom stereocenters. The molecule has 0 saturated heterocycles. The van der Waals surface area contributed by atoms with Crippen molar-refractivity contribution < 1.29 is 17.9 Å². The number of anilines is 2. The zero-order chi connectivity index (χ0) is 19.0. The number of aromatic nitrogens is 2. The van der Waals surface area contributed by atoms with Gasteiger partial charge in [-0.25, -0.2) is 18.2 Å². The van der Waals surface area contributed by atoms with E-state index in [1.807, 2.05) is 19.2 Å². The van der Waals surface area contributed by atoms with Gasteiger partial charge in [-0.05, 0) is 42.7 Å². The molecule has 2 aromatic heterocycles. The van der Waals surface area contributed by atoms with Crippen LogP contribution >= 0.6 is 0 Å². The molecule has 1 atom stereocenters. The zero-order valence-corrected chi connectivity index (χ0v) is 14.9. The molecule has 0 amide bonds. The average molecular weight is 375 g/mol. The number of aryl methyl sites for hydroxylation is 1. The van der Waals surface area contributed by atoms with Crippen molar-refractivity contribution in [3.8, 4) is 0 Å². The third-order valence-corrected chi connectivity index (χ3v) is 5.03. The molecule has 27 heavy (non-hydrogen) atoms. The first-order valence-electron chi connectivity index (χ1n) is 8.93. The molecular formula is C20H20F3N3O. The van der Waals surface area contributed by atoms with Gasteiger partial charge >= 0.3 is 0 Å². The van der Waals surface area contributed by atoms with E-state index in [4.69, 9.17) is 4.74 Å². The molecule has 1 aliphatic carbocycles. The Morgan fingerprint density at radius 2 is 2.07 bits per heavy atom. The van der Waals surface area contributed by atoms with Gasteiger partial charge in [0.05, 0.1) is 12.7 Å². The zero-order valence-electron chi connectivity index (χ0n) is 14.9. The summed E-state index contributed by atoms with van der Waals surface area (Å²) in [5.74, 6) is -1.24. The van der Waals surface area contributed by atoms with Crippen LogP contribution in [-0.2, 0) is 24.6 Å². The molecule has 0 fully saturated rings. The topological polar surface area (TPSA) is 39.1 Å². The third-order valence-electron chi connectivity index (χ3n) is 5.03. The maximum Gasteiger partial charge on any atom is 0.160 e. The van der Waals surface area contributed by atoms with E-state index in [1.165, 1.54) is 17.3 Å². The summed E-state index contributed by atoms with van der Waals surface area (Å²) in [5, 5.41) is 4.05. The SMILES string of the molecule is Cn1c2c(c3ccc(Nc4ccc(F)c(F)c4)nc31)CC(OCCF)CC2. The molecule has 142 valence electrons. The summed E-state index contributed by atoms with van der Waals surface area (Å²) in [5.41, 5.74) is 3.65. The average Bonchev–Trinajstić information content (AvgIpc) is 2.95. The molecule has 4 nitrogen and oxygen atoms in total. The summed E-state index contributed by atoms with van der Waals surface area (Å²) in [4.78, 5) is 4.65. The standard InChI is InChI=1S/C20H20F3N3O/c1-26-18-6-3-13(27-9-8-21)11-15(18)14-4-7-19(25-20(14)26)24-12-2-5-16(22)17(23)10-12/h2,4-5,7,10,13H,3,6,8-9,11H2,1H3,(H,24,25). The summed E-state index contributed by atoms with van der Waals surface area (Å²) in [7, 11) is 1.97. The number of nitrogens with zero attached hydrogens (tertiary/aromatic N) is 2. The third kappa shape index (κ3) is 3.39. The second kappa shape index (κ2) is 7.23. The van der Waals surface area contributed by atoms with Crippen molar-refractivity contribution in [1.82, 2.24) is 9.55 Å². The Morgan fingerprint density at radius 3 is 2.85 bits per heavy atom. The Labute approximate surface area is 155 Å². The number of nitrogens with one attached hydrogen (secondary N) is 1. The van der Waals surface area contributed by atoms with Crippen LogP contribution in [-0.4, -0.2) is 28.9 Å². The van der Waals surface area contributed by atoms with E-state index < -0.39 is 18.3 Å². The van der Waals surface area contributed by atoms with Crippen LogP contribution in [0.3, 0.4) is 0 Å². The number of ether oxygens (including phenoxy) is 1. The predicted molar refractivity (Wildman–Crippen MR) is 98.1 cm³/mol. The number of benzene rings is 1. The van der Waals surface area contributed by atoms with E-state index in [-0.39, 0.29) is 12.7 Å². The lowest BCUT2D eigenvalue weighted by atomic mass is 9.93. The Bertz CT molecular complexity index is 986. The minimum atomic E-state index is -0.908. The minimum Gasteiger partial charge on any atom is -0.375 e. The van der Waals surface area contributed by atoms with Gasteiger partial charge in [-0.2, -0.15) is 0 Å². The minimum absolute atomic E-state index is 0.0267. The first kappa shape index (κ1) is 17.9. The van der Waals surface area contributed by atoms with E-state index in [0.29, 0.717) is 11.5 Å². The molecule has 4 rings (SSSR count). The summed E-state index contributed by atoms with van der Waals surface area (Å²) >= 11 is 0. The molecular weight excluding hydrogens is 355 g/mol. The van der Waals surface area contributed by atoms with Gasteiger partial charge in [0.15, 0.2) is 11.6 Å². The fourth-order valence-corrected chi connectivity index (χ4v) is 3.74. The van der Waals surface area contributed by atoms with Gasteiger partial charge in [-0.3, -0.25) is 0 Å². The van der Waals surface area contributed by atoms with Gasteiger partial charge in [0.2, 0.25) is 0 Å². The number of hydrogen-bond acceptors (Lipinski definition) is 3. The lowest BCUT2D eigenvalue weighted by Crippen LogP contribution is -2.23. The van der Waals surface area contributed by atoms with Gasteiger partial charge in [0, 0.05) is 36.3 Å². The fourth-order valence-electron chi connectivity index (χ4n) is 3.74. The van der Waals surface area contributed by atoms with Gasteiger partial charge in [0.25, 0.3) is 0 Å². The molecule has 0 spiro atoms. The van der Waals surface area contributed by atoms with Crippen molar-refractivity contribution in [2.75, 3.05) is 18.6 Å². The smallest absolute Gasteiger partial charge is 0.160 e. The van der Waals surface area contributed by atoms with Crippen molar-refractivity contribution >= 4 is 22.5 Å². The Balaban J connectivity index is 1.63. The van der Waals surface area contributed by atoms with Crippen LogP contribution < -0.4 is 5.32 Å². The fraction of sp³-hybridized carbons (Fsp3) is 0.350. The monoisotopic (exact) mass is 375 g/mol. The lowest BCUT2D eigenvalue weighted by Gasteiger charge is -2.23. The van der Waals surface area contributed by atoms with Crippen LogP contribution in [0.5, 0.6) is 0 Å². The number of fused-ring (bicyclic) bond motifs is 3. The van der Waals surface area contributed by atoms with E-state index in [2.05, 4.69) is 14.9 Å². The van der Waals surface area contributed by atoms with Crippen LogP contribution in [0.15, 0.2) is 30.3 Å². The number of pyridine rings is 1. The van der Waals surface area contributed by atoms with Crippen molar-refractivity contribution in [2.24, 2.45) is 7.05 Å². The first-order chi connectivity index (χ1) is 13.1. The Hall–Kier alpha value is -2.54. The molecule has 7 heteroatoms. The highest BCUT2D eigenvalue weighted by molar-refractivity contribution is 5.84. The summed E-state index contributed by atoms with van der Waals surface area (Å²) in [6, 6.07) is 7.43. The molecule has 1 aliphatic rings. The van der Waals surface area contributed by atoms with E-state index in [1.54, 1.807) is 0 Å². The molecule has 0 aliphatic heterocycles. The summed E-state index contributed by atoms with van der Waals surface area (Å²) < 4.78 is 46.5. The quantitative estimate of drug-likeness (QED) is 0.717. The van der Waals surface area contributed by atoms with Gasteiger partial charge in [-0.1, -0.05) is 0 Å². The van der Waals surface area contributed by atoms with Crippen molar-refractivity contribution in [3.05, 3.63) is 53.2 Å². The normalized spacial score (nSPS) is 16.5.